The number of hydrazine groups is 1. The number of nitrogens with two attached hydrogens (primary N) is 1. The Morgan fingerprint density at radius 1 is 1.56 bits per heavy atom. The minimum atomic E-state index is 0.00676. The number of halogens is 2. The van der Waals surface area contributed by atoms with Gasteiger partial charge in [0, 0.05) is 21.7 Å². The molecule has 0 aromatic carbocycles. The van der Waals surface area contributed by atoms with E-state index in [1.54, 1.807) is 17.5 Å². The number of nitrogens with zero attached hydrogens (tertiary/aromatic N) is 1. The molecule has 0 amide bonds. The van der Waals surface area contributed by atoms with Crippen molar-refractivity contribution < 1.29 is 0 Å². The summed E-state index contributed by atoms with van der Waals surface area (Å²) in [6.07, 6.45) is 4.35. The van der Waals surface area contributed by atoms with Crippen molar-refractivity contribution in [2.75, 3.05) is 0 Å². The first kappa shape index (κ1) is 14.0. The predicted octanol–water partition coefficient (Wildman–Crippen LogP) is 3.61. The first-order valence-electron chi connectivity index (χ1n) is 5.41. The lowest BCUT2D eigenvalue weighted by atomic mass is 10.1. The minimum absolute atomic E-state index is 0.00676. The molecule has 0 aliphatic rings. The molecule has 18 heavy (non-hydrogen) atoms. The van der Waals surface area contributed by atoms with Crippen molar-refractivity contribution in [3.05, 3.63) is 49.3 Å². The number of rotatable bonds is 4. The smallest absolute Gasteiger partial charge is 0.0609 e. The molecule has 1 unspecified atom stereocenters. The fraction of sp³-hybridized carbons (Fsp3) is 0.250. The molecule has 0 fully saturated rings. The molecule has 3 nitrogen and oxygen atoms in total. The average Bonchev–Trinajstić information content (AvgIpc) is 2.67. The number of hydrogen-bond donors (Lipinski definition) is 2. The van der Waals surface area contributed by atoms with Crippen LogP contribution in [-0.2, 0) is 6.42 Å². The van der Waals surface area contributed by atoms with Gasteiger partial charge in [-0.25, -0.2) is 0 Å². The molecule has 6 heteroatoms. The summed E-state index contributed by atoms with van der Waals surface area (Å²) in [6, 6.07) is 2.04. The van der Waals surface area contributed by atoms with Crippen molar-refractivity contribution in [2.45, 2.75) is 19.4 Å². The van der Waals surface area contributed by atoms with Gasteiger partial charge in [-0.05, 0) is 51.8 Å². The maximum absolute atomic E-state index is 6.27. The summed E-state index contributed by atoms with van der Waals surface area (Å²) in [5.74, 6) is 5.63. The summed E-state index contributed by atoms with van der Waals surface area (Å²) < 4.78 is 0.962. The van der Waals surface area contributed by atoms with E-state index in [1.807, 2.05) is 24.6 Å². The molecule has 0 aliphatic heterocycles. The van der Waals surface area contributed by atoms with Crippen LogP contribution < -0.4 is 11.3 Å². The van der Waals surface area contributed by atoms with Gasteiger partial charge in [0.25, 0.3) is 0 Å². The van der Waals surface area contributed by atoms with E-state index in [2.05, 4.69) is 26.3 Å². The first-order chi connectivity index (χ1) is 8.61. The minimum Gasteiger partial charge on any atom is -0.271 e. The monoisotopic (exact) mass is 345 g/mol. The Balaban J connectivity index is 2.22. The van der Waals surface area contributed by atoms with E-state index in [0.717, 1.165) is 31.9 Å². The summed E-state index contributed by atoms with van der Waals surface area (Å²) in [4.78, 5) is 5.21. The third-order valence-electron chi connectivity index (χ3n) is 2.64. The highest BCUT2D eigenvalue weighted by atomic mass is 79.9. The van der Waals surface area contributed by atoms with Crippen molar-refractivity contribution in [3.63, 3.8) is 0 Å². The van der Waals surface area contributed by atoms with E-state index < -0.39 is 0 Å². The van der Waals surface area contributed by atoms with Gasteiger partial charge in [-0.1, -0.05) is 11.6 Å². The number of aromatic nitrogens is 1. The van der Waals surface area contributed by atoms with E-state index in [-0.39, 0.29) is 6.04 Å². The number of nitrogens with one attached hydrogen (secondary N) is 1. The maximum atomic E-state index is 6.27. The summed E-state index contributed by atoms with van der Waals surface area (Å²) in [7, 11) is 0. The highest BCUT2D eigenvalue weighted by Gasteiger charge is 2.17. The van der Waals surface area contributed by atoms with Gasteiger partial charge < -0.3 is 0 Å². The molecular formula is C12H13BrClN3S. The SMILES string of the molecule is Cc1csc(C(Cc2cncc(Br)c2)NN)c1Cl. The topological polar surface area (TPSA) is 50.9 Å². The van der Waals surface area contributed by atoms with Crippen LogP contribution in [0.15, 0.2) is 28.3 Å². The number of hydrogen-bond acceptors (Lipinski definition) is 4. The number of thiophene rings is 1. The fourth-order valence-electron chi connectivity index (χ4n) is 1.72. The van der Waals surface area contributed by atoms with Crippen LogP contribution in [0.4, 0.5) is 0 Å². The Labute approximate surface area is 123 Å². The van der Waals surface area contributed by atoms with E-state index >= 15 is 0 Å². The summed E-state index contributed by atoms with van der Waals surface area (Å²) in [5, 5.41) is 2.84. The second-order valence-electron chi connectivity index (χ2n) is 4.03. The molecule has 0 aliphatic carbocycles. The van der Waals surface area contributed by atoms with E-state index in [1.165, 1.54) is 0 Å². The van der Waals surface area contributed by atoms with Gasteiger partial charge in [0.05, 0.1) is 11.1 Å². The standard InChI is InChI=1S/C12H13BrClN3S/c1-7-6-18-12(11(7)14)10(17-15)3-8-2-9(13)5-16-4-8/h2,4-6,10,17H,3,15H2,1H3. The lowest BCUT2D eigenvalue weighted by Crippen LogP contribution is -2.29. The molecule has 0 saturated heterocycles. The van der Waals surface area contributed by atoms with Gasteiger partial charge in [-0.2, -0.15) is 0 Å². The molecule has 2 rings (SSSR count). The van der Waals surface area contributed by atoms with Crippen molar-refractivity contribution in [3.8, 4) is 0 Å². The maximum Gasteiger partial charge on any atom is 0.0609 e. The number of pyridine rings is 1. The van der Waals surface area contributed by atoms with Crippen molar-refractivity contribution in [1.29, 1.82) is 0 Å². The van der Waals surface area contributed by atoms with Gasteiger partial charge >= 0.3 is 0 Å². The first-order valence-corrected chi connectivity index (χ1v) is 7.46. The molecule has 2 aromatic rings. The number of aryl methyl sites for hydroxylation is 1. The molecule has 1 atom stereocenters. The van der Waals surface area contributed by atoms with Gasteiger partial charge in [-0.15, -0.1) is 11.3 Å². The quantitative estimate of drug-likeness (QED) is 0.657. The normalized spacial score (nSPS) is 12.7. The molecule has 96 valence electrons. The molecule has 0 saturated carbocycles. The zero-order chi connectivity index (χ0) is 13.1. The van der Waals surface area contributed by atoms with Crippen LogP contribution in [-0.4, -0.2) is 4.98 Å². The molecular weight excluding hydrogens is 334 g/mol. The predicted molar refractivity (Wildman–Crippen MR) is 79.8 cm³/mol. The second-order valence-corrected chi connectivity index (χ2v) is 6.24. The molecule has 3 N–H and O–H groups in total. The third kappa shape index (κ3) is 3.10. The Bertz CT molecular complexity index is 544. The van der Waals surface area contributed by atoms with E-state index in [0.29, 0.717) is 0 Å². The van der Waals surface area contributed by atoms with E-state index in [4.69, 9.17) is 17.4 Å². The zero-order valence-electron chi connectivity index (χ0n) is 9.78. The van der Waals surface area contributed by atoms with Crippen molar-refractivity contribution >= 4 is 38.9 Å². The van der Waals surface area contributed by atoms with Gasteiger partial charge in [0.1, 0.15) is 0 Å². The highest BCUT2D eigenvalue weighted by Crippen LogP contribution is 2.33. The summed E-state index contributed by atoms with van der Waals surface area (Å²) in [6.45, 7) is 2.00. The van der Waals surface area contributed by atoms with Crippen LogP contribution >= 0.6 is 38.9 Å². The van der Waals surface area contributed by atoms with Gasteiger partial charge in [-0.3, -0.25) is 16.3 Å². The van der Waals surface area contributed by atoms with Gasteiger partial charge in [0.15, 0.2) is 0 Å². The highest BCUT2D eigenvalue weighted by molar-refractivity contribution is 9.10. The Hall–Kier alpha value is -0.460. The fourth-order valence-corrected chi connectivity index (χ4v) is 3.51. The lowest BCUT2D eigenvalue weighted by Gasteiger charge is -2.15. The second kappa shape index (κ2) is 6.12. The van der Waals surface area contributed by atoms with Gasteiger partial charge in [0.2, 0.25) is 0 Å². The van der Waals surface area contributed by atoms with Crippen LogP contribution in [0, 0.1) is 6.92 Å². The van der Waals surface area contributed by atoms with Crippen LogP contribution in [0.5, 0.6) is 0 Å². The molecule has 2 heterocycles. The van der Waals surface area contributed by atoms with Crippen LogP contribution in [0.2, 0.25) is 5.02 Å². The molecule has 0 bridgehead atoms. The molecule has 2 aromatic heterocycles. The summed E-state index contributed by atoms with van der Waals surface area (Å²) in [5.41, 5.74) is 5.02. The van der Waals surface area contributed by atoms with Crippen molar-refractivity contribution in [1.82, 2.24) is 10.4 Å². The Morgan fingerprint density at radius 3 is 2.89 bits per heavy atom. The van der Waals surface area contributed by atoms with Crippen LogP contribution in [0.1, 0.15) is 22.0 Å². The lowest BCUT2D eigenvalue weighted by molar-refractivity contribution is 0.560. The molecule has 0 spiro atoms. The Kier molecular flexibility index (Phi) is 4.75. The van der Waals surface area contributed by atoms with Crippen LogP contribution in [0.3, 0.4) is 0 Å². The Morgan fingerprint density at radius 2 is 2.33 bits per heavy atom. The van der Waals surface area contributed by atoms with E-state index in [9.17, 15) is 0 Å². The third-order valence-corrected chi connectivity index (χ3v) is 4.91. The van der Waals surface area contributed by atoms with Crippen LogP contribution in [0.25, 0.3) is 0 Å². The van der Waals surface area contributed by atoms with Crippen molar-refractivity contribution in [2.24, 2.45) is 5.84 Å². The zero-order valence-corrected chi connectivity index (χ0v) is 12.9. The average molecular weight is 347 g/mol. The largest absolute Gasteiger partial charge is 0.271 e. The molecule has 0 radical (unpaired) electrons. The summed E-state index contributed by atoms with van der Waals surface area (Å²) >= 11 is 11.3.